The average molecular weight is 477 g/mol. The second-order valence-corrected chi connectivity index (χ2v) is 8.20. The van der Waals surface area contributed by atoms with Gasteiger partial charge in [0.05, 0.1) is 6.61 Å². The number of esters is 2. The van der Waals surface area contributed by atoms with Crippen LogP contribution in [-0.2, 0) is 20.7 Å². The van der Waals surface area contributed by atoms with Crippen molar-refractivity contribution in [1.29, 1.82) is 0 Å². The molecule has 4 nitrogen and oxygen atoms in total. The average Bonchev–Trinajstić information content (AvgIpc) is 2.84. The van der Waals surface area contributed by atoms with Gasteiger partial charge in [0.15, 0.2) is 11.6 Å². The molecule has 0 atom stereocenters. The van der Waals surface area contributed by atoms with E-state index in [1.807, 2.05) is 12.1 Å². The van der Waals surface area contributed by atoms with Gasteiger partial charge in [0.25, 0.3) is 0 Å². The molecule has 0 fully saturated rings. The van der Waals surface area contributed by atoms with Gasteiger partial charge in [-0.3, -0.25) is 0 Å². The number of ether oxygens (including phenoxy) is 2. The summed E-state index contributed by atoms with van der Waals surface area (Å²) in [6, 6.07) is 16.3. The summed E-state index contributed by atoms with van der Waals surface area (Å²) in [5, 5.41) is 0. The third-order valence-corrected chi connectivity index (χ3v) is 5.26. The van der Waals surface area contributed by atoms with Crippen molar-refractivity contribution in [3.63, 3.8) is 0 Å². The van der Waals surface area contributed by atoms with E-state index in [2.05, 4.69) is 13.2 Å². The van der Waals surface area contributed by atoms with Crippen LogP contribution in [0, 0.1) is 11.6 Å². The number of aryl methyl sites for hydroxylation is 1. The van der Waals surface area contributed by atoms with Gasteiger partial charge in [-0.05, 0) is 55.5 Å². The molecule has 0 aliphatic heterocycles. The van der Waals surface area contributed by atoms with Gasteiger partial charge in [0, 0.05) is 22.3 Å². The van der Waals surface area contributed by atoms with Crippen LogP contribution < -0.4 is 4.74 Å². The Bertz CT molecular complexity index is 1260. The van der Waals surface area contributed by atoms with Crippen molar-refractivity contribution < 1.29 is 27.8 Å². The summed E-state index contributed by atoms with van der Waals surface area (Å²) >= 11 is 0. The Morgan fingerprint density at radius 3 is 1.71 bits per heavy atom. The number of halogens is 2. The Morgan fingerprint density at radius 2 is 1.23 bits per heavy atom. The van der Waals surface area contributed by atoms with Crippen molar-refractivity contribution in [1.82, 2.24) is 0 Å². The fourth-order valence-corrected chi connectivity index (χ4v) is 3.31. The van der Waals surface area contributed by atoms with Crippen molar-refractivity contribution in [2.75, 3.05) is 6.61 Å². The highest BCUT2D eigenvalue weighted by Gasteiger charge is 2.16. The third-order valence-electron chi connectivity index (χ3n) is 5.26. The first kappa shape index (κ1) is 25.6. The Labute approximate surface area is 203 Å². The molecule has 0 N–H and O–H groups in total. The fraction of sp³-hybridized carbons (Fsp3) is 0.172. The topological polar surface area (TPSA) is 52.6 Å². The standard InChI is InChI=1S/C29H26F2O4/c1-18(2)28(32)34-17-5-6-20-7-9-21(10-8-20)24-15-16-25(27(31)26(24)30)22-11-13-23(14-12-22)35-29(33)19(3)4/h7-16H,1,3,5-6,17H2,2,4H3. The molecule has 0 saturated heterocycles. The molecule has 0 aliphatic rings. The van der Waals surface area contributed by atoms with E-state index >= 15 is 0 Å². The highest BCUT2D eigenvalue weighted by molar-refractivity contribution is 5.89. The second-order valence-electron chi connectivity index (χ2n) is 8.20. The monoisotopic (exact) mass is 476 g/mol. The van der Waals surface area contributed by atoms with Crippen LogP contribution in [-0.4, -0.2) is 18.5 Å². The fourth-order valence-electron chi connectivity index (χ4n) is 3.31. The number of benzene rings is 3. The molecule has 6 heteroatoms. The van der Waals surface area contributed by atoms with Crippen LogP contribution in [0.5, 0.6) is 5.75 Å². The van der Waals surface area contributed by atoms with Gasteiger partial charge in [0.2, 0.25) is 0 Å². The largest absolute Gasteiger partial charge is 0.462 e. The Kier molecular flexibility index (Phi) is 8.31. The van der Waals surface area contributed by atoms with Crippen LogP contribution >= 0.6 is 0 Å². The Hall–Kier alpha value is -4.06. The molecule has 35 heavy (non-hydrogen) atoms. The lowest BCUT2D eigenvalue weighted by Gasteiger charge is -2.11. The molecule has 0 unspecified atom stereocenters. The van der Waals surface area contributed by atoms with E-state index in [4.69, 9.17) is 9.47 Å². The molecule has 0 aliphatic carbocycles. The highest BCUT2D eigenvalue weighted by atomic mass is 19.2. The maximum atomic E-state index is 15.0. The van der Waals surface area contributed by atoms with Crippen LogP contribution in [0.2, 0.25) is 0 Å². The van der Waals surface area contributed by atoms with Gasteiger partial charge in [0.1, 0.15) is 5.75 Å². The van der Waals surface area contributed by atoms with E-state index < -0.39 is 23.6 Å². The van der Waals surface area contributed by atoms with Gasteiger partial charge < -0.3 is 9.47 Å². The van der Waals surface area contributed by atoms with Crippen molar-refractivity contribution in [2.24, 2.45) is 0 Å². The molecular weight excluding hydrogens is 450 g/mol. The zero-order valence-corrected chi connectivity index (χ0v) is 19.7. The van der Waals surface area contributed by atoms with Crippen molar-refractivity contribution in [3.05, 3.63) is 102 Å². The van der Waals surface area contributed by atoms with Gasteiger partial charge >= 0.3 is 11.9 Å². The minimum atomic E-state index is -0.961. The number of carbonyl (C=O) groups excluding carboxylic acids is 2. The van der Waals surface area contributed by atoms with E-state index in [0.717, 1.165) is 5.56 Å². The van der Waals surface area contributed by atoms with Crippen molar-refractivity contribution >= 4 is 11.9 Å². The molecule has 0 spiro atoms. The second kappa shape index (κ2) is 11.4. The molecule has 3 rings (SSSR count). The first-order valence-corrected chi connectivity index (χ1v) is 11.1. The van der Waals surface area contributed by atoms with E-state index in [9.17, 15) is 18.4 Å². The maximum Gasteiger partial charge on any atom is 0.338 e. The molecule has 0 aromatic heterocycles. The predicted octanol–water partition coefficient (Wildman–Crippen LogP) is 6.83. The number of hydrogen-bond donors (Lipinski definition) is 0. The molecular formula is C29H26F2O4. The predicted molar refractivity (Wildman–Crippen MR) is 132 cm³/mol. The van der Waals surface area contributed by atoms with Gasteiger partial charge in [-0.1, -0.05) is 61.7 Å². The zero-order valence-electron chi connectivity index (χ0n) is 19.7. The van der Waals surface area contributed by atoms with Crippen molar-refractivity contribution in [2.45, 2.75) is 26.7 Å². The molecule has 0 radical (unpaired) electrons. The summed E-state index contributed by atoms with van der Waals surface area (Å²) < 4.78 is 40.1. The van der Waals surface area contributed by atoms with E-state index in [1.165, 1.54) is 31.2 Å². The normalized spacial score (nSPS) is 10.5. The van der Waals surface area contributed by atoms with E-state index in [0.29, 0.717) is 29.5 Å². The van der Waals surface area contributed by atoms with Crippen molar-refractivity contribution in [3.8, 4) is 28.0 Å². The smallest absolute Gasteiger partial charge is 0.338 e. The summed E-state index contributed by atoms with van der Waals surface area (Å²) in [7, 11) is 0. The highest BCUT2D eigenvalue weighted by Crippen LogP contribution is 2.32. The lowest BCUT2D eigenvalue weighted by molar-refractivity contribution is -0.139. The summed E-state index contributed by atoms with van der Waals surface area (Å²) in [5.41, 5.74) is 2.86. The van der Waals surface area contributed by atoms with Crippen LogP contribution in [0.3, 0.4) is 0 Å². The molecule has 0 bridgehead atoms. The molecule has 3 aromatic rings. The van der Waals surface area contributed by atoms with Crippen LogP contribution in [0.25, 0.3) is 22.3 Å². The molecule has 0 heterocycles. The van der Waals surface area contributed by atoms with Crippen LogP contribution in [0.15, 0.2) is 85.0 Å². The summed E-state index contributed by atoms with van der Waals surface area (Å²) in [6.07, 6.45) is 1.32. The SMILES string of the molecule is C=C(C)C(=O)OCCCc1ccc(-c2ccc(-c3ccc(OC(=O)C(=C)C)cc3)c(F)c2F)cc1. The van der Waals surface area contributed by atoms with Gasteiger partial charge in [-0.2, -0.15) is 0 Å². The Morgan fingerprint density at radius 1 is 0.743 bits per heavy atom. The number of hydrogen-bond acceptors (Lipinski definition) is 4. The zero-order chi connectivity index (χ0) is 25.5. The lowest BCUT2D eigenvalue weighted by Crippen LogP contribution is -2.07. The first-order valence-electron chi connectivity index (χ1n) is 11.1. The number of rotatable bonds is 9. The van der Waals surface area contributed by atoms with Crippen LogP contribution in [0.1, 0.15) is 25.8 Å². The lowest BCUT2D eigenvalue weighted by atomic mass is 9.97. The summed E-state index contributed by atoms with van der Waals surface area (Å²) in [5.74, 6) is -2.59. The minimum absolute atomic E-state index is 0.102. The maximum absolute atomic E-state index is 15.0. The Balaban J connectivity index is 1.69. The summed E-state index contributed by atoms with van der Waals surface area (Å²) in [4.78, 5) is 23.0. The molecule has 0 amide bonds. The third kappa shape index (κ3) is 6.51. The van der Waals surface area contributed by atoms with E-state index in [-0.39, 0.29) is 29.1 Å². The van der Waals surface area contributed by atoms with E-state index in [1.54, 1.807) is 31.2 Å². The first-order chi connectivity index (χ1) is 16.7. The minimum Gasteiger partial charge on any atom is -0.462 e. The molecule has 0 saturated carbocycles. The quantitative estimate of drug-likeness (QED) is 0.147. The summed E-state index contributed by atoms with van der Waals surface area (Å²) in [6.45, 7) is 10.5. The molecule has 3 aromatic carbocycles. The molecule has 180 valence electrons. The van der Waals surface area contributed by atoms with Crippen LogP contribution in [0.4, 0.5) is 8.78 Å². The van der Waals surface area contributed by atoms with Gasteiger partial charge in [-0.15, -0.1) is 0 Å². The number of carbonyl (C=O) groups is 2. The van der Waals surface area contributed by atoms with Gasteiger partial charge in [-0.25, -0.2) is 18.4 Å².